The number of nitrogens with zero attached hydrogens (tertiary/aromatic N) is 3. The SMILES string of the molecule is C=C1O[C@@H](CNC(=O)c2ccc(N)s2)CN1c1ccc(N2CCC(N)C2)nc1. The maximum atomic E-state index is 12.2. The number of nitrogen functional groups attached to an aromatic ring is 1. The number of amides is 1. The lowest BCUT2D eigenvalue weighted by molar-refractivity contribution is 0.0923. The second-order valence-corrected chi connectivity index (χ2v) is 8.14. The van der Waals surface area contributed by atoms with E-state index in [1.54, 1.807) is 12.1 Å². The number of carbonyl (C=O) groups is 1. The summed E-state index contributed by atoms with van der Waals surface area (Å²) < 4.78 is 5.80. The number of anilines is 3. The van der Waals surface area contributed by atoms with Crippen molar-refractivity contribution in [2.24, 2.45) is 5.73 Å². The normalized spacial score (nSPS) is 21.8. The Labute approximate surface area is 167 Å². The van der Waals surface area contributed by atoms with Gasteiger partial charge in [0.05, 0.1) is 34.9 Å². The summed E-state index contributed by atoms with van der Waals surface area (Å²) in [6, 6.07) is 7.67. The maximum Gasteiger partial charge on any atom is 0.261 e. The summed E-state index contributed by atoms with van der Waals surface area (Å²) in [5.41, 5.74) is 12.6. The van der Waals surface area contributed by atoms with Crippen LogP contribution in [0.1, 0.15) is 16.1 Å². The van der Waals surface area contributed by atoms with E-state index in [9.17, 15) is 4.79 Å². The molecule has 2 aromatic heterocycles. The summed E-state index contributed by atoms with van der Waals surface area (Å²) in [7, 11) is 0. The molecular formula is C19H24N6O2S. The highest BCUT2D eigenvalue weighted by Gasteiger charge is 2.29. The van der Waals surface area contributed by atoms with Crippen LogP contribution in [0, 0.1) is 0 Å². The molecule has 0 radical (unpaired) electrons. The topological polar surface area (TPSA) is 110 Å². The van der Waals surface area contributed by atoms with Gasteiger partial charge in [0.25, 0.3) is 5.91 Å². The van der Waals surface area contributed by atoms with E-state index in [0.717, 1.165) is 31.0 Å². The molecule has 2 aliphatic rings. The summed E-state index contributed by atoms with van der Waals surface area (Å²) in [4.78, 5) is 21.5. The molecule has 9 heteroatoms. The van der Waals surface area contributed by atoms with Crippen LogP contribution in [0.5, 0.6) is 0 Å². The summed E-state index contributed by atoms with van der Waals surface area (Å²) in [5.74, 6) is 1.34. The molecule has 1 unspecified atom stereocenters. The molecule has 28 heavy (non-hydrogen) atoms. The van der Waals surface area contributed by atoms with Crippen LogP contribution in [-0.4, -0.2) is 49.2 Å². The molecular weight excluding hydrogens is 376 g/mol. The molecule has 2 fully saturated rings. The zero-order valence-electron chi connectivity index (χ0n) is 15.5. The summed E-state index contributed by atoms with van der Waals surface area (Å²) in [6.45, 7) is 6.75. The third-order valence-electron chi connectivity index (χ3n) is 4.92. The molecule has 0 aromatic carbocycles. The fourth-order valence-corrected chi connectivity index (χ4v) is 4.13. The van der Waals surface area contributed by atoms with Gasteiger partial charge in [0.15, 0.2) is 5.88 Å². The van der Waals surface area contributed by atoms with Crippen LogP contribution in [0.3, 0.4) is 0 Å². The number of pyridine rings is 1. The molecule has 8 nitrogen and oxygen atoms in total. The highest BCUT2D eigenvalue weighted by molar-refractivity contribution is 7.17. The van der Waals surface area contributed by atoms with Crippen LogP contribution in [0.4, 0.5) is 16.5 Å². The number of ether oxygens (including phenoxy) is 1. The molecule has 4 heterocycles. The van der Waals surface area contributed by atoms with Gasteiger partial charge < -0.3 is 31.3 Å². The van der Waals surface area contributed by atoms with Crippen molar-refractivity contribution in [3.63, 3.8) is 0 Å². The van der Waals surface area contributed by atoms with Gasteiger partial charge in [0.2, 0.25) is 0 Å². The molecule has 5 N–H and O–H groups in total. The second-order valence-electron chi connectivity index (χ2n) is 7.03. The monoisotopic (exact) mass is 400 g/mol. The molecule has 0 aliphatic carbocycles. The Hall–Kier alpha value is -2.78. The molecule has 148 valence electrons. The van der Waals surface area contributed by atoms with Gasteiger partial charge in [-0.1, -0.05) is 0 Å². The number of hydrogen-bond acceptors (Lipinski definition) is 8. The average molecular weight is 401 g/mol. The first-order chi connectivity index (χ1) is 13.5. The van der Waals surface area contributed by atoms with E-state index in [0.29, 0.717) is 28.9 Å². The van der Waals surface area contributed by atoms with E-state index in [4.69, 9.17) is 16.2 Å². The minimum Gasteiger partial charge on any atom is -0.472 e. The van der Waals surface area contributed by atoms with Crippen molar-refractivity contribution in [2.75, 3.05) is 41.7 Å². The van der Waals surface area contributed by atoms with Crippen LogP contribution in [0.2, 0.25) is 0 Å². The molecule has 1 amide bonds. The fourth-order valence-electron chi connectivity index (χ4n) is 3.44. The number of aromatic nitrogens is 1. The predicted octanol–water partition coefficient (Wildman–Crippen LogP) is 1.37. The van der Waals surface area contributed by atoms with E-state index < -0.39 is 0 Å². The number of rotatable bonds is 5. The van der Waals surface area contributed by atoms with E-state index >= 15 is 0 Å². The lowest BCUT2D eigenvalue weighted by atomic mass is 10.3. The molecule has 2 aliphatic heterocycles. The van der Waals surface area contributed by atoms with Crippen LogP contribution in [0.25, 0.3) is 0 Å². The van der Waals surface area contributed by atoms with Gasteiger partial charge in [-0.15, -0.1) is 11.3 Å². The Balaban J connectivity index is 1.33. The van der Waals surface area contributed by atoms with E-state index in [-0.39, 0.29) is 18.1 Å². The largest absolute Gasteiger partial charge is 0.472 e. The Kier molecular flexibility index (Phi) is 5.10. The molecule has 4 rings (SSSR count). The smallest absolute Gasteiger partial charge is 0.261 e. The molecule has 0 bridgehead atoms. The number of carbonyl (C=O) groups excluding carboxylic acids is 1. The van der Waals surface area contributed by atoms with Gasteiger partial charge in [-0.2, -0.15) is 0 Å². The van der Waals surface area contributed by atoms with Crippen molar-refractivity contribution in [1.29, 1.82) is 0 Å². The van der Waals surface area contributed by atoms with Crippen LogP contribution >= 0.6 is 11.3 Å². The first-order valence-electron chi connectivity index (χ1n) is 9.23. The van der Waals surface area contributed by atoms with Crippen LogP contribution in [-0.2, 0) is 4.74 Å². The first-order valence-corrected chi connectivity index (χ1v) is 10.0. The third kappa shape index (κ3) is 3.90. The Bertz CT molecular complexity index is 868. The number of nitrogens with two attached hydrogens (primary N) is 2. The lowest BCUT2D eigenvalue weighted by Crippen LogP contribution is -2.34. The molecule has 0 saturated carbocycles. The van der Waals surface area contributed by atoms with Gasteiger partial charge in [0.1, 0.15) is 11.9 Å². The summed E-state index contributed by atoms with van der Waals surface area (Å²) >= 11 is 1.26. The van der Waals surface area contributed by atoms with Crippen molar-refractivity contribution >= 4 is 33.8 Å². The molecule has 2 saturated heterocycles. The molecule has 2 atom stereocenters. The summed E-state index contributed by atoms with van der Waals surface area (Å²) in [5, 5.41) is 3.51. The zero-order valence-corrected chi connectivity index (χ0v) is 16.3. The Morgan fingerprint density at radius 1 is 1.36 bits per heavy atom. The van der Waals surface area contributed by atoms with E-state index in [1.807, 2.05) is 23.2 Å². The van der Waals surface area contributed by atoms with Gasteiger partial charge in [0, 0.05) is 19.1 Å². The lowest BCUT2D eigenvalue weighted by Gasteiger charge is -2.19. The van der Waals surface area contributed by atoms with E-state index in [2.05, 4.69) is 21.8 Å². The van der Waals surface area contributed by atoms with Crippen LogP contribution < -0.4 is 26.6 Å². The quantitative estimate of drug-likeness (QED) is 0.695. The highest BCUT2D eigenvalue weighted by Crippen LogP contribution is 2.27. The fraction of sp³-hybridized carbons (Fsp3) is 0.368. The molecule has 2 aromatic rings. The van der Waals surface area contributed by atoms with Crippen molar-refractivity contribution in [3.8, 4) is 0 Å². The number of nitrogens with one attached hydrogen (secondary N) is 1. The van der Waals surface area contributed by atoms with Crippen molar-refractivity contribution in [1.82, 2.24) is 10.3 Å². The van der Waals surface area contributed by atoms with E-state index in [1.165, 1.54) is 11.3 Å². The minimum absolute atomic E-state index is 0.149. The van der Waals surface area contributed by atoms with Gasteiger partial charge in [-0.3, -0.25) is 4.79 Å². The number of hydrogen-bond donors (Lipinski definition) is 3. The first kappa shape index (κ1) is 18.6. The Morgan fingerprint density at radius 3 is 2.86 bits per heavy atom. The van der Waals surface area contributed by atoms with Gasteiger partial charge in [-0.05, 0) is 37.3 Å². The maximum absolute atomic E-state index is 12.2. The minimum atomic E-state index is -0.176. The Morgan fingerprint density at radius 2 is 2.21 bits per heavy atom. The highest BCUT2D eigenvalue weighted by atomic mass is 32.1. The summed E-state index contributed by atoms with van der Waals surface area (Å²) in [6.07, 6.45) is 2.64. The number of thiophene rings is 1. The van der Waals surface area contributed by atoms with Crippen molar-refractivity contribution in [2.45, 2.75) is 18.6 Å². The molecule has 0 spiro atoms. The van der Waals surface area contributed by atoms with Gasteiger partial charge >= 0.3 is 0 Å². The van der Waals surface area contributed by atoms with Gasteiger partial charge in [-0.25, -0.2) is 4.98 Å². The second kappa shape index (κ2) is 7.69. The third-order valence-corrected chi connectivity index (χ3v) is 5.84. The predicted molar refractivity (Wildman–Crippen MR) is 111 cm³/mol. The zero-order chi connectivity index (χ0) is 19.7. The van der Waals surface area contributed by atoms with Crippen molar-refractivity contribution < 1.29 is 9.53 Å². The standard InChI is InChI=1S/C19H24N6O2S/c1-12-25(14-2-5-18(22-8-14)24-7-6-13(20)10-24)11-15(27-12)9-23-19(26)16-3-4-17(21)28-16/h2-5,8,13,15H,1,6-7,9-11,20-21H2,(H,23,26)/t13?,15-/m0/s1. The average Bonchev–Trinajstić information content (AvgIpc) is 3.40. The van der Waals surface area contributed by atoms with Crippen LogP contribution in [0.15, 0.2) is 42.9 Å². The van der Waals surface area contributed by atoms with Crippen molar-refractivity contribution in [3.05, 3.63) is 47.8 Å².